The number of nitrogens with zero attached hydrogens (tertiary/aromatic N) is 3. The first-order valence-electron chi connectivity index (χ1n) is 11.8. The lowest BCUT2D eigenvalue weighted by molar-refractivity contribution is -0.385. The number of anilines is 2. The molecule has 0 saturated carbocycles. The number of fused-ring (bicyclic) bond motifs is 1. The molecule has 190 valence electrons. The minimum atomic E-state index is -1.16. The Balaban J connectivity index is 1.66. The molecule has 3 atom stereocenters. The molecule has 0 aliphatic carbocycles. The molecule has 0 N–H and O–H groups in total. The van der Waals surface area contributed by atoms with Crippen LogP contribution in [0.1, 0.15) is 24.1 Å². The van der Waals surface area contributed by atoms with Crippen LogP contribution in [0.5, 0.6) is 11.5 Å². The van der Waals surface area contributed by atoms with Gasteiger partial charge in [0.05, 0.1) is 42.1 Å². The van der Waals surface area contributed by atoms with Crippen molar-refractivity contribution in [2.24, 2.45) is 5.92 Å². The number of hydroxylamine groups is 1. The Morgan fingerprint density at radius 2 is 1.57 bits per heavy atom. The highest BCUT2D eigenvalue weighted by Crippen LogP contribution is 2.51. The van der Waals surface area contributed by atoms with Crippen LogP contribution in [0.15, 0.2) is 66.7 Å². The fourth-order valence-electron chi connectivity index (χ4n) is 4.94. The fourth-order valence-corrected chi connectivity index (χ4v) is 4.94. The SMILES string of the molecule is CCc1ccc(N2C(=O)[C@H]3[C@@H](ON(c4ccccc4)[C@H]3c3cc(OC)c(OC)cc3[N+](=O)[O-])C2=O)cc1. The highest BCUT2D eigenvalue weighted by atomic mass is 16.7. The number of carbonyl (C=O) groups excluding carboxylic acids is 2. The van der Waals surface area contributed by atoms with Crippen molar-refractivity contribution in [3.05, 3.63) is 88.0 Å². The Bertz CT molecular complexity index is 1360. The highest BCUT2D eigenvalue weighted by molar-refractivity contribution is 6.24. The minimum Gasteiger partial charge on any atom is -0.493 e. The molecule has 3 aromatic rings. The van der Waals surface area contributed by atoms with Gasteiger partial charge in [0.25, 0.3) is 11.6 Å². The largest absolute Gasteiger partial charge is 0.493 e. The zero-order valence-corrected chi connectivity index (χ0v) is 20.5. The number of ether oxygens (including phenoxy) is 2. The predicted molar refractivity (Wildman–Crippen MR) is 135 cm³/mol. The standard InChI is InChI=1S/C27H25N3O7/c1-4-16-10-12-17(13-11-16)28-26(31)23-24(19-14-21(35-2)22(36-3)15-20(19)30(33)34)29(37-25(23)27(28)32)18-8-6-5-7-9-18/h5-15,23-25H,4H2,1-3H3/t23-,24+,25-/m1/s1. The van der Waals surface area contributed by atoms with E-state index in [9.17, 15) is 19.7 Å². The first-order valence-corrected chi connectivity index (χ1v) is 11.8. The van der Waals surface area contributed by atoms with Gasteiger partial charge in [-0.3, -0.25) is 24.5 Å². The van der Waals surface area contributed by atoms with Gasteiger partial charge in [0.2, 0.25) is 5.91 Å². The van der Waals surface area contributed by atoms with E-state index in [4.69, 9.17) is 14.3 Å². The maximum atomic E-state index is 13.8. The van der Waals surface area contributed by atoms with E-state index in [1.165, 1.54) is 31.4 Å². The smallest absolute Gasteiger partial charge is 0.278 e. The van der Waals surface area contributed by atoms with Crippen molar-refractivity contribution in [2.75, 3.05) is 24.2 Å². The molecule has 2 saturated heterocycles. The number of para-hydroxylation sites is 1. The number of nitro benzene ring substituents is 1. The Morgan fingerprint density at radius 1 is 0.919 bits per heavy atom. The number of hydrogen-bond donors (Lipinski definition) is 0. The van der Waals surface area contributed by atoms with Gasteiger partial charge in [-0.2, -0.15) is 0 Å². The summed E-state index contributed by atoms with van der Waals surface area (Å²) in [5.74, 6) is -1.62. The molecule has 10 nitrogen and oxygen atoms in total. The van der Waals surface area contributed by atoms with Crippen LogP contribution < -0.4 is 19.4 Å². The monoisotopic (exact) mass is 503 g/mol. The molecular weight excluding hydrogens is 478 g/mol. The zero-order valence-electron chi connectivity index (χ0n) is 20.5. The lowest BCUT2D eigenvalue weighted by Crippen LogP contribution is -2.37. The minimum absolute atomic E-state index is 0.170. The maximum absolute atomic E-state index is 13.8. The van der Waals surface area contributed by atoms with Crippen molar-refractivity contribution in [2.45, 2.75) is 25.5 Å². The van der Waals surface area contributed by atoms with Gasteiger partial charge in [0.15, 0.2) is 17.6 Å². The molecular formula is C27H25N3O7. The zero-order chi connectivity index (χ0) is 26.3. The molecule has 0 unspecified atom stereocenters. The molecule has 2 heterocycles. The van der Waals surface area contributed by atoms with Crippen molar-refractivity contribution >= 4 is 28.9 Å². The number of methoxy groups -OCH3 is 2. The molecule has 2 fully saturated rings. The van der Waals surface area contributed by atoms with Crippen molar-refractivity contribution in [3.8, 4) is 11.5 Å². The van der Waals surface area contributed by atoms with Gasteiger partial charge in [-0.15, -0.1) is 0 Å². The average Bonchev–Trinajstić information content (AvgIpc) is 3.43. The fraction of sp³-hybridized carbons (Fsp3) is 0.259. The van der Waals surface area contributed by atoms with Crippen LogP contribution in [-0.4, -0.2) is 37.1 Å². The van der Waals surface area contributed by atoms with Crippen LogP contribution in [0, 0.1) is 16.0 Å². The molecule has 2 aliphatic heterocycles. The number of benzene rings is 3. The Labute approximate surface area is 213 Å². The number of aryl methyl sites for hydroxylation is 1. The van der Waals surface area contributed by atoms with E-state index in [0.717, 1.165) is 16.9 Å². The van der Waals surface area contributed by atoms with E-state index in [1.807, 2.05) is 25.1 Å². The third kappa shape index (κ3) is 3.95. The van der Waals surface area contributed by atoms with Crippen LogP contribution in [0.25, 0.3) is 0 Å². The summed E-state index contributed by atoms with van der Waals surface area (Å²) in [6.07, 6.45) is -0.343. The molecule has 0 radical (unpaired) electrons. The van der Waals surface area contributed by atoms with Crippen LogP contribution in [0.3, 0.4) is 0 Å². The summed E-state index contributed by atoms with van der Waals surface area (Å²) in [7, 11) is 2.80. The third-order valence-electron chi connectivity index (χ3n) is 6.78. The first kappa shape index (κ1) is 24.3. The van der Waals surface area contributed by atoms with Gasteiger partial charge in [0.1, 0.15) is 12.0 Å². The molecule has 10 heteroatoms. The van der Waals surface area contributed by atoms with Gasteiger partial charge in [-0.05, 0) is 42.3 Å². The van der Waals surface area contributed by atoms with Crippen LogP contribution >= 0.6 is 0 Å². The number of imide groups is 1. The summed E-state index contributed by atoms with van der Waals surface area (Å²) in [4.78, 5) is 46.2. The van der Waals surface area contributed by atoms with E-state index in [-0.39, 0.29) is 22.7 Å². The van der Waals surface area contributed by atoms with Gasteiger partial charge in [-0.25, -0.2) is 9.96 Å². The van der Waals surface area contributed by atoms with Gasteiger partial charge >= 0.3 is 0 Å². The van der Waals surface area contributed by atoms with E-state index in [1.54, 1.807) is 36.4 Å². The first-order chi connectivity index (χ1) is 17.9. The Hall–Kier alpha value is -4.44. The summed E-state index contributed by atoms with van der Waals surface area (Å²) >= 11 is 0. The second-order valence-corrected chi connectivity index (χ2v) is 8.71. The molecule has 0 aromatic heterocycles. The maximum Gasteiger partial charge on any atom is 0.278 e. The summed E-state index contributed by atoms with van der Waals surface area (Å²) in [6.45, 7) is 2.01. The van der Waals surface area contributed by atoms with Crippen molar-refractivity contribution in [3.63, 3.8) is 0 Å². The van der Waals surface area contributed by atoms with Crippen molar-refractivity contribution in [1.82, 2.24) is 0 Å². The summed E-state index contributed by atoms with van der Waals surface area (Å²) < 4.78 is 10.7. The molecule has 37 heavy (non-hydrogen) atoms. The number of rotatable bonds is 7. The van der Waals surface area contributed by atoms with Crippen molar-refractivity contribution in [1.29, 1.82) is 0 Å². The van der Waals surface area contributed by atoms with Gasteiger partial charge < -0.3 is 9.47 Å². The molecule has 0 spiro atoms. The predicted octanol–water partition coefficient (Wildman–Crippen LogP) is 4.23. The highest BCUT2D eigenvalue weighted by Gasteiger charge is 2.61. The summed E-state index contributed by atoms with van der Waals surface area (Å²) in [5.41, 5.74) is 1.93. The number of carbonyl (C=O) groups is 2. The molecule has 3 aromatic carbocycles. The van der Waals surface area contributed by atoms with Crippen LogP contribution in [-0.2, 0) is 20.8 Å². The summed E-state index contributed by atoms with van der Waals surface area (Å²) in [6, 6.07) is 17.8. The average molecular weight is 504 g/mol. The molecule has 5 rings (SSSR count). The van der Waals surface area contributed by atoms with E-state index < -0.39 is 34.8 Å². The van der Waals surface area contributed by atoms with Crippen molar-refractivity contribution < 1.29 is 28.8 Å². The molecule has 2 aliphatic rings. The molecule has 0 bridgehead atoms. The summed E-state index contributed by atoms with van der Waals surface area (Å²) in [5, 5.41) is 13.6. The van der Waals surface area contributed by atoms with E-state index >= 15 is 0 Å². The van der Waals surface area contributed by atoms with Gasteiger partial charge in [0, 0.05) is 0 Å². The van der Waals surface area contributed by atoms with Crippen LogP contribution in [0.2, 0.25) is 0 Å². The Kier molecular flexibility index (Phi) is 6.26. The quantitative estimate of drug-likeness (QED) is 0.268. The van der Waals surface area contributed by atoms with E-state index in [2.05, 4.69) is 0 Å². The van der Waals surface area contributed by atoms with Crippen LogP contribution in [0.4, 0.5) is 17.1 Å². The lowest BCUT2D eigenvalue weighted by Gasteiger charge is -2.29. The second-order valence-electron chi connectivity index (χ2n) is 8.71. The second kappa shape index (κ2) is 9.55. The lowest BCUT2D eigenvalue weighted by atomic mass is 9.89. The number of amides is 2. The van der Waals surface area contributed by atoms with E-state index in [0.29, 0.717) is 11.4 Å². The normalized spacial score (nSPS) is 20.8. The molecule has 2 amide bonds. The topological polar surface area (TPSA) is 111 Å². The number of nitro groups is 1. The Morgan fingerprint density at radius 3 is 2.16 bits per heavy atom. The third-order valence-corrected chi connectivity index (χ3v) is 6.78. The number of hydrogen-bond acceptors (Lipinski definition) is 8. The van der Waals surface area contributed by atoms with Gasteiger partial charge in [-0.1, -0.05) is 37.3 Å².